The van der Waals surface area contributed by atoms with Crippen LogP contribution >= 0.6 is 0 Å². The summed E-state index contributed by atoms with van der Waals surface area (Å²) in [6.07, 6.45) is 5.12. The van der Waals surface area contributed by atoms with Crippen molar-refractivity contribution in [3.63, 3.8) is 0 Å². The smallest absolute Gasteiger partial charge is 0.236 e. The van der Waals surface area contributed by atoms with Crippen LogP contribution in [0.1, 0.15) is 25.7 Å². The molecule has 1 aliphatic heterocycles. The third kappa shape index (κ3) is 5.04. The van der Waals surface area contributed by atoms with E-state index < -0.39 is 0 Å². The fourth-order valence-electron chi connectivity index (χ4n) is 3.04. The Morgan fingerprint density at radius 1 is 1.15 bits per heavy atom. The van der Waals surface area contributed by atoms with E-state index in [1.165, 1.54) is 25.7 Å². The highest BCUT2D eigenvalue weighted by molar-refractivity contribution is 5.78. The fourth-order valence-corrected chi connectivity index (χ4v) is 3.04. The summed E-state index contributed by atoms with van der Waals surface area (Å²) in [5.74, 6) is 0.282. The molecule has 1 aliphatic carbocycles. The molecule has 1 N–H and O–H groups in total. The third-order valence-corrected chi connectivity index (χ3v) is 4.49. The summed E-state index contributed by atoms with van der Waals surface area (Å²) in [7, 11) is 4.21. The van der Waals surface area contributed by atoms with Crippen LogP contribution < -0.4 is 5.32 Å². The topological polar surface area (TPSA) is 38.8 Å². The van der Waals surface area contributed by atoms with Crippen molar-refractivity contribution < 1.29 is 4.79 Å². The summed E-state index contributed by atoms with van der Waals surface area (Å²) in [5, 5.41) is 3.42. The monoisotopic (exact) mass is 282 g/mol. The maximum Gasteiger partial charge on any atom is 0.236 e. The third-order valence-electron chi connectivity index (χ3n) is 4.49. The molecule has 0 aromatic heterocycles. The van der Waals surface area contributed by atoms with Gasteiger partial charge in [-0.2, -0.15) is 0 Å². The van der Waals surface area contributed by atoms with E-state index in [0.29, 0.717) is 12.6 Å². The zero-order valence-electron chi connectivity index (χ0n) is 13.1. The Balaban J connectivity index is 1.61. The first-order chi connectivity index (χ1) is 9.65. The van der Waals surface area contributed by atoms with Crippen LogP contribution in [-0.4, -0.2) is 86.6 Å². The Morgan fingerprint density at radius 3 is 2.40 bits per heavy atom. The van der Waals surface area contributed by atoms with Crippen LogP contribution in [0.2, 0.25) is 0 Å². The van der Waals surface area contributed by atoms with Crippen molar-refractivity contribution in [1.82, 2.24) is 20.0 Å². The molecule has 1 saturated heterocycles. The molecule has 2 fully saturated rings. The number of carbonyl (C=O) groups is 1. The van der Waals surface area contributed by atoms with E-state index in [9.17, 15) is 4.79 Å². The molecule has 116 valence electrons. The Hall–Kier alpha value is -0.650. The van der Waals surface area contributed by atoms with Gasteiger partial charge in [-0.05, 0) is 26.9 Å². The summed E-state index contributed by atoms with van der Waals surface area (Å²) in [6, 6.07) is 0.584. The van der Waals surface area contributed by atoms with Crippen molar-refractivity contribution >= 4 is 5.91 Å². The number of nitrogens with zero attached hydrogens (tertiary/aromatic N) is 3. The van der Waals surface area contributed by atoms with E-state index in [-0.39, 0.29) is 5.91 Å². The minimum absolute atomic E-state index is 0.282. The van der Waals surface area contributed by atoms with Gasteiger partial charge in [-0.15, -0.1) is 0 Å². The predicted molar refractivity (Wildman–Crippen MR) is 81.8 cm³/mol. The highest BCUT2D eigenvalue weighted by atomic mass is 16.2. The van der Waals surface area contributed by atoms with Gasteiger partial charge in [0.1, 0.15) is 0 Å². The number of carbonyl (C=O) groups excluding carboxylic acids is 1. The second-order valence-electron chi connectivity index (χ2n) is 6.39. The van der Waals surface area contributed by atoms with E-state index in [1.54, 1.807) is 0 Å². The predicted octanol–water partition coefficient (Wildman–Crippen LogP) is 0.224. The van der Waals surface area contributed by atoms with E-state index >= 15 is 0 Å². The maximum atomic E-state index is 12.2. The number of piperazine rings is 1. The number of hydrogen-bond acceptors (Lipinski definition) is 4. The minimum Gasteiger partial charge on any atom is -0.339 e. The molecular weight excluding hydrogens is 252 g/mol. The Morgan fingerprint density at radius 2 is 1.80 bits per heavy atom. The Kier molecular flexibility index (Phi) is 6.26. The molecule has 1 saturated carbocycles. The number of nitrogens with one attached hydrogen (secondary N) is 1. The molecule has 0 unspecified atom stereocenters. The van der Waals surface area contributed by atoms with Gasteiger partial charge >= 0.3 is 0 Å². The average Bonchev–Trinajstić information content (AvgIpc) is 2.96. The molecule has 1 amide bonds. The normalized spacial score (nSPS) is 21.9. The van der Waals surface area contributed by atoms with E-state index in [4.69, 9.17) is 0 Å². The zero-order chi connectivity index (χ0) is 14.4. The van der Waals surface area contributed by atoms with Gasteiger partial charge in [-0.1, -0.05) is 12.8 Å². The summed E-state index contributed by atoms with van der Waals surface area (Å²) in [5.41, 5.74) is 0. The maximum absolute atomic E-state index is 12.2. The van der Waals surface area contributed by atoms with Crippen molar-refractivity contribution in [3.8, 4) is 0 Å². The van der Waals surface area contributed by atoms with Crippen LogP contribution in [0.25, 0.3) is 0 Å². The lowest BCUT2D eigenvalue weighted by Gasteiger charge is -2.35. The molecule has 20 heavy (non-hydrogen) atoms. The lowest BCUT2D eigenvalue weighted by Crippen LogP contribution is -2.52. The van der Waals surface area contributed by atoms with Crippen molar-refractivity contribution in [2.24, 2.45) is 0 Å². The molecule has 0 radical (unpaired) electrons. The average molecular weight is 282 g/mol. The van der Waals surface area contributed by atoms with Crippen molar-refractivity contribution in [2.75, 3.05) is 59.9 Å². The van der Waals surface area contributed by atoms with Gasteiger partial charge in [-0.3, -0.25) is 9.69 Å². The Bertz CT molecular complexity index is 294. The number of rotatable bonds is 6. The van der Waals surface area contributed by atoms with Gasteiger partial charge in [-0.25, -0.2) is 0 Å². The van der Waals surface area contributed by atoms with Crippen LogP contribution in [0.15, 0.2) is 0 Å². The highest BCUT2D eigenvalue weighted by Crippen LogP contribution is 2.17. The molecule has 0 spiro atoms. The summed E-state index contributed by atoms with van der Waals surface area (Å²) >= 11 is 0. The molecule has 0 bridgehead atoms. The van der Waals surface area contributed by atoms with Crippen molar-refractivity contribution in [3.05, 3.63) is 0 Å². The van der Waals surface area contributed by atoms with E-state index in [2.05, 4.69) is 29.2 Å². The first kappa shape index (κ1) is 15.7. The lowest BCUT2D eigenvalue weighted by molar-refractivity contribution is -0.132. The van der Waals surface area contributed by atoms with Crippen LogP contribution in [0, 0.1) is 0 Å². The fraction of sp³-hybridized carbons (Fsp3) is 0.933. The lowest BCUT2D eigenvalue weighted by atomic mass is 10.2. The van der Waals surface area contributed by atoms with Gasteiger partial charge in [0, 0.05) is 45.3 Å². The molecule has 2 rings (SSSR count). The van der Waals surface area contributed by atoms with Crippen LogP contribution in [0.4, 0.5) is 0 Å². The first-order valence-electron chi connectivity index (χ1n) is 8.03. The standard InChI is InChI=1S/C15H30N4O/c1-17(2)7-8-18-9-11-19(12-10-18)15(20)13-16-14-5-3-4-6-14/h14,16H,3-13H2,1-2H3. The minimum atomic E-state index is 0.282. The molecule has 5 nitrogen and oxygen atoms in total. The van der Waals surface area contributed by atoms with Crippen LogP contribution in [0.3, 0.4) is 0 Å². The molecule has 0 aromatic rings. The molecular formula is C15H30N4O. The SMILES string of the molecule is CN(C)CCN1CCN(C(=O)CNC2CCCC2)CC1. The van der Waals surface area contributed by atoms with Gasteiger partial charge in [0.25, 0.3) is 0 Å². The summed E-state index contributed by atoms with van der Waals surface area (Å²) in [4.78, 5) is 18.9. The van der Waals surface area contributed by atoms with Gasteiger partial charge in [0.15, 0.2) is 0 Å². The Labute approximate surface area is 123 Å². The van der Waals surface area contributed by atoms with Gasteiger partial charge in [0.2, 0.25) is 5.91 Å². The quantitative estimate of drug-likeness (QED) is 0.757. The van der Waals surface area contributed by atoms with Gasteiger partial charge < -0.3 is 15.1 Å². The summed E-state index contributed by atoms with van der Waals surface area (Å²) < 4.78 is 0. The van der Waals surface area contributed by atoms with Crippen LogP contribution in [-0.2, 0) is 4.79 Å². The molecule has 0 aromatic carbocycles. The van der Waals surface area contributed by atoms with E-state index in [0.717, 1.165) is 39.3 Å². The van der Waals surface area contributed by atoms with E-state index in [1.807, 2.05) is 4.90 Å². The molecule has 1 heterocycles. The van der Waals surface area contributed by atoms with Crippen molar-refractivity contribution in [2.45, 2.75) is 31.7 Å². The second-order valence-corrected chi connectivity index (χ2v) is 6.39. The second kappa shape index (κ2) is 7.96. The van der Waals surface area contributed by atoms with Gasteiger partial charge in [0.05, 0.1) is 6.54 Å². The highest BCUT2D eigenvalue weighted by Gasteiger charge is 2.22. The zero-order valence-corrected chi connectivity index (χ0v) is 13.1. The number of hydrogen-bond donors (Lipinski definition) is 1. The van der Waals surface area contributed by atoms with Crippen LogP contribution in [0.5, 0.6) is 0 Å². The summed E-state index contributed by atoms with van der Waals surface area (Å²) in [6.45, 7) is 6.54. The number of amides is 1. The largest absolute Gasteiger partial charge is 0.339 e. The van der Waals surface area contributed by atoms with Crippen molar-refractivity contribution in [1.29, 1.82) is 0 Å². The molecule has 5 heteroatoms. The first-order valence-corrected chi connectivity index (χ1v) is 8.03. The number of likely N-dealkylation sites (N-methyl/N-ethyl adjacent to an activating group) is 1. The molecule has 0 atom stereocenters. The molecule has 2 aliphatic rings.